The number of rotatable bonds is 10. The van der Waals surface area contributed by atoms with Crippen molar-refractivity contribution in [3.05, 3.63) is 57.7 Å². The zero-order valence-corrected chi connectivity index (χ0v) is 24.2. The molecule has 1 saturated carbocycles. The van der Waals surface area contributed by atoms with E-state index in [0.29, 0.717) is 41.1 Å². The minimum Gasteiger partial charge on any atom is -0.482 e. The second-order valence-corrected chi connectivity index (χ2v) is 12.1. The van der Waals surface area contributed by atoms with Gasteiger partial charge in [-0.3, -0.25) is 9.79 Å². The number of nitrogens with zero attached hydrogens (tertiary/aromatic N) is 2. The van der Waals surface area contributed by atoms with Crippen LogP contribution in [0, 0.1) is 12.8 Å². The van der Waals surface area contributed by atoms with Gasteiger partial charge in [-0.15, -0.1) is 0 Å². The smallest absolute Gasteiger partial charge is 0.193 e. The Balaban J connectivity index is 1.35. The van der Waals surface area contributed by atoms with Gasteiger partial charge in [-0.2, -0.15) is 0 Å². The fourth-order valence-corrected chi connectivity index (χ4v) is 6.62. The zero-order chi connectivity index (χ0) is 30.5. The lowest BCUT2D eigenvalue weighted by Crippen LogP contribution is -2.55. The average Bonchev–Trinajstić information content (AvgIpc) is 3.74. The van der Waals surface area contributed by atoms with Gasteiger partial charge in [0.05, 0.1) is 24.2 Å². The lowest BCUT2D eigenvalue weighted by Gasteiger charge is -2.46. The Hall–Kier alpha value is -3.10. The van der Waals surface area contributed by atoms with E-state index in [1.165, 1.54) is 6.07 Å². The SMILES string of the molecule is Cc1cc(=O)c2cc3c(c(N4C=C5C=CN=C5C4)c2o1)O[C@](C)(C1CCCC1)[C@H](OOC[C@H](O)[C@@H](O)[C@H](O)[C@H](O)CO)C3. The van der Waals surface area contributed by atoms with Crippen LogP contribution >= 0.6 is 0 Å². The standard InChI is InChI=1S/C31H38N2O10/c1-16-9-22(35)20-10-18-11-25(43-40-15-24(37)28(39)27(38)23(36)14-34)31(2,19-5-3-4-6-19)42-29(18)26(30(20)41-16)33-12-17-7-8-32-21(17)13-33/h7-10,12,19,23-25,27-28,34,36-39H,3-6,11,13-15H2,1-2H3/t23-,24+,25-,27-,28-,31-/m1/s1. The first-order chi connectivity index (χ1) is 20.6. The maximum absolute atomic E-state index is 13.2. The summed E-state index contributed by atoms with van der Waals surface area (Å²) in [6.45, 7) is 2.93. The zero-order valence-electron chi connectivity index (χ0n) is 24.2. The molecule has 2 aromatic rings. The molecule has 5 N–H and O–H groups in total. The van der Waals surface area contributed by atoms with Gasteiger partial charge in [0.25, 0.3) is 0 Å². The third-order valence-electron chi connectivity index (χ3n) is 9.15. The minimum atomic E-state index is -1.78. The van der Waals surface area contributed by atoms with E-state index in [2.05, 4.69) is 4.99 Å². The summed E-state index contributed by atoms with van der Waals surface area (Å²) in [7, 11) is 0. The molecule has 12 heteroatoms. The van der Waals surface area contributed by atoms with Gasteiger partial charge in [-0.05, 0) is 38.8 Å². The lowest BCUT2D eigenvalue weighted by atomic mass is 9.78. The second-order valence-electron chi connectivity index (χ2n) is 12.1. The lowest BCUT2D eigenvalue weighted by molar-refractivity contribution is -0.364. The Bertz CT molecular complexity index is 1530. The van der Waals surface area contributed by atoms with Crippen molar-refractivity contribution < 1.29 is 44.5 Å². The highest BCUT2D eigenvalue weighted by molar-refractivity contribution is 6.12. The predicted octanol–water partition coefficient (Wildman–Crippen LogP) is 1.41. The Morgan fingerprint density at radius 2 is 1.88 bits per heavy atom. The molecule has 12 nitrogen and oxygen atoms in total. The number of fused-ring (bicyclic) bond motifs is 3. The molecule has 232 valence electrons. The van der Waals surface area contributed by atoms with Crippen LogP contribution in [0.4, 0.5) is 5.69 Å². The number of benzene rings is 1. The van der Waals surface area contributed by atoms with E-state index < -0.39 is 49.3 Å². The number of allylic oxidation sites excluding steroid dienone is 1. The van der Waals surface area contributed by atoms with Crippen LogP contribution in [0.3, 0.4) is 0 Å². The van der Waals surface area contributed by atoms with Crippen LogP contribution in [-0.4, -0.2) is 87.1 Å². The van der Waals surface area contributed by atoms with E-state index in [4.69, 9.17) is 24.0 Å². The fraction of sp³-hybridized carbons (Fsp3) is 0.548. The summed E-state index contributed by atoms with van der Waals surface area (Å²) in [5, 5.41) is 49.5. The highest BCUT2D eigenvalue weighted by Gasteiger charge is 2.51. The third-order valence-corrected chi connectivity index (χ3v) is 9.15. The van der Waals surface area contributed by atoms with Crippen LogP contribution in [0.1, 0.15) is 43.9 Å². The van der Waals surface area contributed by atoms with E-state index in [1.54, 1.807) is 19.2 Å². The van der Waals surface area contributed by atoms with E-state index >= 15 is 0 Å². The molecule has 0 amide bonds. The summed E-state index contributed by atoms with van der Waals surface area (Å²) in [6.07, 6.45) is 2.52. The summed E-state index contributed by atoms with van der Waals surface area (Å²) >= 11 is 0. The number of hydrogen-bond donors (Lipinski definition) is 5. The van der Waals surface area contributed by atoms with Crippen LogP contribution in [0.25, 0.3) is 11.0 Å². The van der Waals surface area contributed by atoms with Crippen molar-refractivity contribution in [1.82, 2.24) is 0 Å². The van der Waals surface area contributed by atoms with Crippen molar-refractivity contribution in [2.45, 2.75) is 82.1 Å². The number of anilines is 1. The first kappa shape index (κ1) is 29.9. The first-order valence-electron chi connectivity index (χ1n) is 14.7. The van der Waals surface area contributed by atoms with Gasteiger partial charge >= 0.3 is 0 Å². The largest absolute Gasteiger partial charge is 0.482 e. The van der Waals surface area contributed by atoms with Crippen LogP contribution in [-0.2, 0) is 16.2 Å². The molecule has 0 radical (unpaired) electrons. The molecule has 1 fully saturated rings. The Morgan fingerprint density at radius 1 is 1.14 bits per heavy atom. The molecule has 6 rings (SSSR count). The average molecular weight is 599 g/mol. The van der Waals surface area contributed by atoms with E-state index in [0.717, 1.165) is 42.5 Å². The maximum atomic E-state index is 13.2. The van der Waals surface area contributed by atoms with Crippen LogP contribution < -0.4 is 15.1 Å². The minimum absolute atomic E-state index is 0.128. The van der Waals surface area contributed by atoms with Gasteiger partial charge in [-0.25, -0.2) is 9.78 Å². The first-order valence-corrected chi connectivity index (χ1v) is 14.7. The van der Waals surface area contributed by atoms with Gasteiger partial charge in [0, 0.05) is 41.9 Å². The van der Waals surface area contributed by atoms with Crippen LogP contribution in [0.2, 0.25) is 0 Å². The van der Waals surface area contributed by atoms with Crippen molar-refractivity contribution in [2.75, 3.05) is 24.7 Å². The Labute approximate surface area is 248 Å². The number of aryl methyl sites for hydroxylation is 1. The molecule has 0 bridgehead atoms. The summed E-state index contributed by atoms with van der Waals surface area (Å²) in [6, 6.07) is 3.23. The van der Waals surface area contributed by atoms with Crippen molar-refractivity contribution in [2.24, 2.45) is 10.9 Å². The molecular formula is C31H38N2O10. The molecule has 0 unspecified atom stereocenters. The van der Waals surface area contributed by atoms with Crippen molar-refractivity contribution >= 4 is 22.4 Å². The molecule has 0 saturated heterocycles. The van der Waals surface area contributed by atoms with E-state index in [9.17, 15) is 25.2 Å². The van der Waals surface area contributed by atoms with E-state index in [-0.39, 0.29) is 11.3 Å². The summed E-state index contributed by atoms with van der Waals surface area (Å²) in [4.78, 5) is 31.0. The summed E-state index contributed by atoms with van der Waals surface area (Å²) < 4.78 is 13.1. The van der Waals surface area contributed by atoms with Crippen LogP contribution in [0.15, 0.2) is 50.4 Å². The molecule has 3 aliphatic heterocycles. The molecule has 4 heterocycles. The Morgan fingerprint density at radius 3 is 2.60 bits per heavy atom. The fourth-order valence-electron chi connectivity index (χ4n) is 6.62. The topological polar surface area (TPSA) is 175 Å². The molecule has 4 aliphatic rings. The normalized spacial score (nSPS) is 26.1. The second kappa shape index (κ2) is 11.8. The predicted molar refractivity (Wildman–Crippen MR) is 156 cm³/mol. The van der Waals surface area contributed by atoms with Crippen molar-refractivity contribution in [1.29, 1.82) is 0 Å². The van der Waals surface area contributed by atoms with Gasteiger partial charge in [0.2, 0.25) is 0 Å². The van der Waals surface area contributed by atoms with Gasteiger partial charge in [0.15, 0.2) is 16.8 Å². The maximum Gasteiger partial charge on any atom is 0.193 e. The quantitative estimate of drug-likeness (QED) is 0.198. The molecule has 1 aromatic heterocycles. The molecular weight excluding hydrogens is 560 g/mol. The number of hydrogen-bond acceptors (Lipinski definition) is 12. The molecule has 43 heavy (non-hydrogen) atoms. The molecule has 1 aromatic carbocycles. The van der Waals surface area contributed by atoms with Crippen LogP contribution in [0.5, 0.6) is 5.75 Å². The van der Waals surface area contributed by atoms with Gasteiger partial charge < -0.3 is 39.6 Å². The highest BCUT2D eigenvalue weighted by atomic mass is 17.2. The van der Waals surface area contributed by atoms with Crippen molar-refractivity contribution in [3.8, 4) is 5.75 Å². The van der Waals surface area contributed by atoms with Crippen molar-refractivity contribution in [3.63, 3.8) is 0 Å². The number of aliphatic hydroxyl groups excluding tert-OH is 5. The summed E-state index contributed by atoms with van der Waals surface area (Å²) in [5.41, 5.74) is 2.71. The van der Waals surface area contributed by atoms with E-state index in [1.807, 2.05) is 24.1 Å². The number of aliphatic imine (C=N–C) groups is 1. The molecule has 0 spiro atoms. The summed E-state index contributed by atoms with van der Waals surface area (Å²) in [5.74, 6) is 1.22. The number of ether oxygens (including phenoxy) is 1. The molecule has 6 atom stereocenters. The van der Waals surface area contributed by atoms with Gasteiger partial charge in [-0.1, -0.05) is 12.8 Å². The Kier molecular flexibility index (Phi) is 8.20. The monoisotopic (exact) mass is 598 g/mol. The van der Waals surface area contributed by atoms with Gasteiger partial charge in [0.1, 0.15) is 54.2 Å². The molecule has 1 aliphatic carbocycles. The number of aliphatic hydroxyl groups is 5. The highest BCUT2D eigenvalue weighted by Crippen LogP contribution is 2.50. The third kappa shape index (κ3) is 5.42.